The monoisotopic (exact) mass is 316 g/mol. The molecule has 0 heterocycles. The van der Waals surface area contributed by atoms with Crippen LogP contribution < -0.4 is 10.5 Å². The molecular weight excluding hydrogens is 296 g/mol. The van der Waals surface area contributed by atoms with Gasteiger partial charge in [0, 0.05) is 13.1 Å². The van der Waals surface area contributed by atoms with Crippen LogP contribution in [0.4, 0.5) is 0 Å². The summed E-state index contributed by atoms with van der Waals surface area (Å²) >= 11 is 0. The summed E-state index contributed by atoms with van der Waals surface area (Å²) in [6.45, 7) is 1.83. The van der Waals surface area contributed by atoms with E-state index in [4.69, 9.17) is 15.6 Å². The van der Waals surface area contributed by atoms with Crippen molar-refractivity contribution in [1.29, 1.82) is 0 Å². The first-order chi connectivity index (χ1) is 9.88. The molecule has 7 nitrogen and oxygen atoms in total. The fraction of sp³-hybridized carbons (Fsp3) is 0.462. The summed E-state index contributed by atoms with van der Waals surface area (Å²) in [5.74, 6) is -0.557. The number of hydrogen-bond donors (Lipinski definition) is 2. The molecule has 0 saturated carbocycles. The maximum Gasteiger partial charge on any atom is 0.252 e. The Balaban J connectivity index is 3.30. The molecule has 0 radical (unpaired) electrons. The molecule has 0 aliphatic heterocycles. The molecule has 1 amide bonds. The number of primary amides is 1. The number of nitrogens with two attached hydrogens (primary N) is 1. The molecule has 118 valence electrons. The van der Waals surface area contributed by atoms with Crippen LogP contribution in [0.2, 0.25) is 0 Å². The molecule has 0 saturated heterocycles. The molecule has 21 heavy (non-hydrogen) atoms. The van der Waals surface area contributed by atoms with Gasteiger partial charge in [-0.1, -0.05) is 6.92 Å². The number of hydrogen-bond acceptors (Lipinski definition) is 5. The van der Waals surface area contributed by atoms with E-state index < -0.39 is 15.9 Å². The zero-order valence-corrected chi connectivity index (χ0v) is 12.9. The third-order valence-electron chi connectivity index (χ3n) is 2.90. The van der Waals surface area contributed by atoms with Crippen LogP contribution in [0.3, 0.4) is 0 Å². The van der Waals surface area contributed by atoms with Crippen molar-refractivity contribution in [3.8, 4) is 5.75 Å². The van der Waals surface area contributed by atoms with E-state index in [0.717, 1.165) is 0 Å². The lowest BCUT2D eigenvalue weighted by atomic mass is 10.2. The van der Waals surface area contributed by atoms with E-state index in [9.17, 15) is 13.2 Å². The number of amides is 1. The van der Waals surface area contributed by atoms with Crippen molar-refractivity contribution in [2.24, 2.45) is 5.73 Å². The van der Waals surface area contributed by atoms with E-state index in [-0.39, 0.29) is 35.9 Å². The SMILES string of the molecule is CCCN(CCO)S(=O)(=O)c1ccc(OC)c(C(N)=O)c1. The van der Waals surface area contributed by atoms with Gasteiger partial charge in [0.05, 0.1) is 24.2 Å². The minimum Gasteiger partial charge on any atom is -0.496 e. The summed E-state index contributed by atoms with van der Waals surface area (Å²) < 4.78 is 31.2. The topological polar surface area (TPSA) is 110 Å². The summed E-state index contributed by atoms with van der Waals surface area (Å²) in [7, 11) is -2.43. The van der Waals surface area contributed by atoms with Gasteiger partial charge in [-0.05, 0) is 24.6 Å². The van der Waals surface area contributed by atoms with Gasteiger partial charge in [0.2, 0.25) is 10.0 Å². The van der Waals surface area contributed by atoms with E-state index >= 15 is 0 Å². The van der Waals surface area contributed by atoms with Crippen LogP contribution in [0.5, 0.6) is 5.75 Å². The van der Waals surface area contributed by atoms with Gasteiger partial charge in [0.15, 0.2) is 0 Å². The number of rotatable bonds is 8. The number of nitrogens with zero attached hydrogens (tertiary/aromatic N) is 1. The fourth-order valence-electron chi connectivity index (χ4n) is 1.90. The average molecular weight is 316 g/mol. The smallest absolute Gasteiger partial charge is 0.252 e. The van der Waals surface area contributed by atoms with Gasteiger partial charge in [-0.15, -0.1) is 0 Å². The third-order valence-corrected chi connectivity index (χ3v) is 4.79. The summed E-state index contributed by atoms with van der Waals surface area (Å²) in [4.78, 5) is 11.3. The van der Waals surface area contributed by atoms with Crippen molar-refractivity contribution >= 4 is 15.9 Å². The van der Waals surface area contributed by atoms with Gasteiger partial charge in [-0.2, -0.15) is 4.31 Å². The van der Waals surface area contributed by atoms with Crippen LogP contribution in [0.25, 0.3) is 0 Å². The van der Waals surface area contributed by atoms with E-state index in [2.05, 4.69) is 0 Å². The first-order valence-corrected chi connectivity index (χ1v) is 7.91. The Hall–Kier alpha value is -1.64. The number of aliphatic hydroxyl groups excluding tert-OH is 1. The lowest BCUT2D eigenvalue weighted by Crippen LogP contribution is -2.34. The van der Waals surface area contributed by atoms with Gasteiger partial charge in [-0.25, -0.2) is 8.42 Å². The maximum absolute atomic E-state index is 12.5. The second-order valence-corrected chi connectivity index (χ2v) is 6.29. The van der Waals surface area contributed by atoms with Gasteiger partial charge in [0.25, 0.3) is 5.91 Å². The normalized spacial score (nSPS) is 11.6. The molecular formula is C13H20N2O5S. The molecule has 0 aromatic heterocycles. The Morgan fingerprint density at radius 1 is 1.38 bits per heavy atom. The first kappa shape index (κ1) is 17.4. The maximum atomic E-state index is 12.5. The van der Waals surface area contributed by atoms with Crippen LogP contribution >= 0.6 is 0 Å². The zero-order chi connectivity index (χ0) is 16.0. The summed E-state index contributed by atoms with van der Waals surface area (Å²) in [6.07, 6.45) is 0.609. The van der Waals surface area contributed by atoms with E-state index in [1.54, 1.807) is 0 Å². The molecule has 3 N–H and O–H groups in total. The van der Waals surface area contributed by atoms with Crippen molar-refractivity contribution in [2.45, 2.75) is 18.2 Å². The highest BCUT2D eigenvalue weighted by Gasteiger charge is 2.25. The zero-order valence-electron chi connectivity index (χ0n) is 12.1. The predicted molar refractivity (Wildman–Crippen MR) is 77.6 cm³/mol. The first-order valence-electron chi connectivity index (χ1n) is 6.47. The third kappa shape index (κ3) is 3.93. The van der Waals surface area contributed by atoms with Crippen LogP contribution in [-0.2, 0) is 10.0 Å². The highest BCUT2D eigenvalue weighted by Crippen LogP contribution is 2.24. The Kier molecular flexibility index (Phi) is 6.13. The van der Waals surface area contributed by atoms with Crippen molar-refractivity contribution in [2.75, 3.05) is 26.8 Å². The summed E-state index contributed by atoms with van der Waals surface area (Å²) in [5, 5.41) is 9.00. The number of methoxy groups -OCH3 is 1. The molecule has 1 aromatic carbocycles. The van der Waals surface area contributed by atoms with Crippen LogP contribution in [0.1, 0.15) is 23.7 Å². The quantitative estimate of drug-likeness (QED) is 0.711. The van der Waals surface area contributed by atoms with Gasteiger partial charge in [-0.3, -0.25) is 4.79 Å². The minimum absolute atomic E-state index is 0.000906. The molecule has 8 heteroatoms. The molecule has 1 aromatic rings. The molecule has 0 aliphatic carbocycles. The molecule has 0 bridgehead atoms. The Morgan fingerprint density at radius 2 is 2.05 bits per heavy atom. The van der Waals surface area contributed by atoms with E-state index in [1.165, 1.54) is 29.6 Å². The van der Waals surface area contributed by atoms with Crippen molar-refractivity contribution in [1.82, 2.24) is 4.31 Å². The largest absolute Gasteiger partial charge is 0.496 e. The molecule has 1 rings (SSSR count). The highest BCUT2D eigenvalue weighted by molar-refractivity contribution is 7.89. The number of benzene rings is 1. The van der Waals surface area contributed by atoms with Crippen LogP contribution in [0.15, 0.2) is 23.1 Å². The summed E-state index contributed by atoms with van der Waals surface area (Å²) in [6, 6.07) is 3.92. The molecule has 0 spiro atoms. The number of carbonyl (C=O) groups is 1. The lowest BCUT2D eigenvalue weighted by molar-refractivity contribution is 0.0997. The van der Waals surface area contributed by atoms with E-state index in [0.29, 0.717) is 6.42 Å². The summed E-state index contributed by atoms with van der Waals surface area (Å²) in [5.41, 5.74) is 5.23. The number of carbonyl (C=O) groups excluding carboxylic acids is 1. The van der Waals surface area contributed by atoms with E-state index in [1.807, 2.05) is 6.92 Å². The van der Waals surface area contributed by atoms with Crippen molar-refractivity contribution in [3.63, 3.8) is 0 Å². The second kappa shape index (κ2) is 7.39. The second-order valence-electron chi connectivity index (χ2n) is 4.35. The minimum atomic E-state index is -3.80. The number of sulfonamides is 1. The Labute approximate surface area is 124 Å². The van der Waals surface area contributed by atoms with Gasteiger partial charge >= 0.3 is 0 Å². The molecule has 0 atom stereocenters. The van der Waals surface area contributed by atoms with Crippen LogP contribution in [-0.4, -0.2) is 50.5 Å². The van der Waals surface area contributed by atoms with Crippen molar-refractivity contribution in [3.05, 3.63) is 23.8 Å². The molecule has 0 aliphatic rings. The predicted octanol–water partition coefficient (Wildman–Crippen LogP) is 0.187. The van der Waals surface area contributed by atoms with Crippen LogP contribution in [0, 0.1) is 0 Å². The van der Waals surface area contributed by atoms with Gasteiger partial charge < -0.3 is 15.6 Å². The lowest BCUT2D eigenvalue weighted by Gasteiger charge is -2.21. The Morgan fingerprint density at radius 3 is 2.52 bits per heavy atom. The molecule has 0 fully saturated rings. The number of ether oxygens (including phenoxy) is 1. The van der Waals surface area contributed by atoms with Gasteiger partial charge in [0.1, 0.15) is 5.75 Å². The fourth-order valence-corrected chi connectivity index (χ4v) is 3.45. The van der Waals surface area contributed by atoms with Crippen molar-refractivity contribution < 1.29 is 23.1 Å². The highest BCUT2D eigenvalue weighted by atomic mass is 32.2. The average Bonchev–Trinajstić information content (AvgIpc) is 2.46. The Bertz CT molecular complexity index is 595. The molecule has 0 unspecified atom stereocenters. The number of aliphatic hydroxyl groups is 1. The standard InChI is InChI=1S/C13H20N2O5S/c1-3-6-15(7-8-16)21(18,19)10-4-5-12(20-2)11(9-10)13(14)17/h4-5,9,16H,3,6-8H2,1-2H3,(H2,14,17).